The Bertz CT molecular complexity index is 794. The van der Waals surface area contributed by atoms with E-state index in [-0.39, 0.29) is 11.7 Å². The standard InChI is InChI=1S/C17H18F2N4O3/c1-22-10-8-15(21-22)23-9-4-7-14(16(23)24)26-20-11-12-5-2-3-6-13(12)25-17(18)19/h2-3,5-6,8,10-11,14,17H,4,7,9H2,1H3. The second-order valence-electron chi connectivity index (χ2n) is 5.72. The molecule has 1 unspecified atom stereocenters. The maximum Gasteiger partial charge on any atom is 0.387 e. The number of ether oxygens (including phenoxy) is 1. The number of aryl methyl sites for hydroxylation is 1. The van der Waals surface area contributed by atoms with Gasteiger partial charge in [-0.15, -0.1) is 0 Å². The first-order chi connectivity index (χ1) is 12.5. The highest BCUT2D eigenvalue weighted by atomic mass is 19.3. The van der Waals surface area contributed by atoms with Crippen LogP contribution in [0, 0.1) is 0 Å². The van der Waals surface area contributed by atoms with E-state index in [1.165, 1.54) is 12.3 Å². The summed E-state index contributed by atoms with van der Waals surface area (Å²) in [5, 5.41) is 8.02. The van der Waals surface area contributed by atoms with E-state index in [9.17, 15) is 13.6 Å². The van der Waals surface area contributed by atoms with Gasteiger partial charge in [-0.25, -0.2) is 0 Å². The van der Waals surface area contributed by atoms with Crippen LogP contribution in [0.2, 0.25) is 0 Å². The fraction of sp³-hybridized carbons (Fsp3) is 0.353. The fourth-order valence-electron chi connectivity index (χ4n) is 2.67. The summed E-state index contributed by atoms with van der Waals surface area (Å²) >= 11 is 0. The SMILES string of the molecule is Cn1ccc(N2CCCC(ON=Cc3ccccc3OC(F)F)C2=O)n1. The van der Waals surface area contributed by atoms with Crippen molar-refractivity contribution >= 4 is 17.9 Å². The number of aromatic nitrogens is 2. The summed E-state index contributed by atoms with van der Waals surface area (Å²) < 4.78 is 30.9. The lowest BCUT2D eigenvalue weighted by Gasteiger charge is -2.29. The number of alkyl halides is 2. The Balaban J connectivity index is 1.66. The first kappa shape index (κ1) is 17.8. The molecule has 3 rings (SSSR count). The van der Waals surface area contributed by atoms with Crippen LogP contribution in [-0.2, 0) is 16.7 Å². The molecule has 9 heteroatoms. The number of amides is 1. The number of nitrogens with zero attached hydrogens (tertiary/aromatic N) is 4. The van der Waals surface area contributed by atoms with E-state index in [1.54, 1.807) is 47.1 Å². The van der Waals surface area contributed by atoms with Crippen LogP contribution in [-0.4, -0.2) is 41.2 Å². The molecule has 1 amide bonds. The average Bonchev–Trinajstić information content (AvgIpc) is 3.03. The maximum absolute atomic E-state index is 12.5. The minimum atomic E-state index is -2.93. The molecule has 1 fully saturated rings. The zero-order valence-electron chi connectivity index (χ0n) is 14.1. The molecule has 1 aliphatic rings. The van der Waals surface area contributed by atoms with Gasteiger partial charge in [0.1, 0.15) is 5.75 Å². The molecule has 0 saturated carbocycles. The molecule has 0 bridgehead atoms. The Morgan fingerprint density at radius 2 is 2.15 bits per heavy atom. The number of carbonyl (C=O) groups is 1. The number of halogens is 2. The molecule has 1 aromatic carbocycles. The summed E-state index contributed by atoms with van der Waals surface area (Å²) in [5.41, 5.74) is 0.331. The monoisotopic (exact) mass is 364 g/mol. The van der Waals surface area contributed by atoms with Gasteiger partial charge in [0, 0.05) is 31.4 Å². The number of rotatable bonds is 6. The van der Waals surface area contributed by atoms with Crippen LogP contribution >= 0.6 is 0 Å². The van der Waals surface area contributed by atoms with Crippen molar-refractivity contribution < 1.29 is 23.1 Å². The number of anilines is 1. The van der Waals surface area contributed by atoms with Crippen molar-refractivity contribution in [2.45, 2.75) is 25.6 Å². The molecule has 1 atom stereocenters. The molecule has 138 valence electrons. The second kappa shape index (κ2) is 7.94. The number of carbonyl (C=O) groups excluding carboxylic acids is 1. The number of piperidine rings is 1. The van der Waals surface area contributed by atoms with Gasteiger partial charge in [-0.05, 0) is 25.0 Å². The van der Waals surface area contributed by atoms with Crippen molar-refractivity contribution in [3.8, 4) is 5.75 Å². The molecule has 26 heavy (non-hydrogen) atoms. The van der Waals surface area contributed by atoms with Gasteiger partial charge in [0.2, 0.25) is 6.10 Å². The lowest BCUT2D eigenvalue weighted by atomic mass is 10.1. The van der Waals surface area contributed by atoms with Crippen LogP contribution in [0.1, 0.15) is 18.4 Å². The molecule has 7 nitrogen and oxygen atoms in total. The van der Waals surface area contributed by atoms with Crippen LogP contribution in [0.4, 0.5) is 14.6 Å². The molecule has 1 aliphatic heterocycles. The van der Waals surface area contributed by atoms with E-state index in [0.717, 1.165) is 6.42 Å². The predicted molar refractivity (Wildman–Crippen MR) is 90.3 cm³/mol. The van der Waals surface area contributed by atoms with Crippen molar-refractivity contribution in [2.24, 2.45) is 12.2 Å². The van der Waals surface area contributed by atoms with E-state index in [1.807, 2.05) is 0 Å². The van der Waals surface area contributed by atoms with Crippen molar-refractivity contribution in [1.29, 1.82) is 0 Å². The zero-order chi connectivity index (χ0) is 18.5. The van der Waals surface area contributed by atoms with Gasteiger partial charge in [0.15, 0.2) is 5.82 Å². The fourth-order valence-corrected chi connectivity index (χ4v) is 2.67. The second-order valence-corrected chi connectivity index (χ2v) is 5.72. The summed E-state index contributed by atoms with van der Waals surface area (Å²) in [6.07, 6.45) is 3.53. The summed E-state index contributed by atoms with van der Waals surface area (Å²) in [4.78, 5) is 19.4. The number of para-hydroxylation sites is 1. The topological polar surface area (TPSA) is 68.9 Å². The van der Waals surface area contributed by atoms with Gasteiger partial charge in [0.25, 0.3) is 5.91 Å². The highest BCUT2D eigenvalue weighted by molar-refractivity contribution is 5.96. The molecule has 1 saturated heterocycles. The average molecular weight is 364 g/mol. The molecule has 0 radical (unpaired) electrons. The lowest BCUT2D eigenvalue weighted by molar-refractivity contribution is -0.132. The summed E-state index contributed by atoms with van der Waals surface area (Å²) in [6, 6.07) is 7.95. The normalized spacial score (nSPS) is 17.9. The summed E-state index contributed by atoms with van der Waals surface area (Å²) in [5.74, 6) is 0.314. The van der Waals surface area contributed by atoms with Crippen molar-refractivity contribution in [2.75, 3.05) is 11.4 Å². The van der Waals surface area contributed by atoms with Crippen LogP contribution in [0.25, 0.3) is 0 Å². The van der Waals surface area contributed by atoms with E-state index < -0.39 is 12.7 Å². The highest BCUT2D eigenvalue weighted by Crippen LogP contribution is 2.22. The first-order valence-electron chi connectivity index (χ1n) is 8.08. The predicted octanol–water partition coefficient (Wildman–Crippen LogP) is 2.57. The van der Waals surface area contributed by atoms with Crippen LogP contribution in [0.5, 0.6) is 5.75 Å². The van der Waals surface area contributed by atoms with Crippen LogP contribution < -0.4 is 9.64 Å². The molecule has 1 aromatic heterocycles. The van der Waals surface area contributed by atoms with E-state index in [0.29, 0.717) is 24.3 Å². The summed E-state index contributed by atoms with van der Waals surface area (Å²) in [6.45, 7) is -2.37. The molecule has 0 spiro atoms. The van der Waals surface area contributed by atoms with E-state index in [4.69, 9.17) is 4.84 Å². The molecular weight excluding hydrogens is 346 g/mol. The number of hydrogen-bond acceptors (Lipinski definition) is 5. The largest absolute Gasteiger partial charge is 0.434 e. The quantitative estimate of drug-likeness (QED) is 0.584. The molecule has 2 heterocycles. The number of benzene rings is 1. The minimum absolute atomic E-state index is 0.0140. The Morgan fingerprint density at radius 1 is 1.35 bits per heavy atom. The third kappa shape index (κ3) is 4.16. The van der Waals surface area contributed by atoms with Crippen molar-refractivity contribution in [3.63, 3.8) is 0 Å². The molecule has 0 aliphatic carbocycles. The molecule has 2 aromatic rings. The Labute approximate surface area is 148 Å². The molecule has 0 N–H and O–H groups in total. The highest BCUT2D eigenvalue weighted by Gasteiger charge is 2.32. The van der Waals surface area contributed by atoms with Gasteiger partial charge >= 0.3 is 6.61 Å². The van der Waals surface area contributed by atoms with Gasteiger partial charge in [0.05, 0.1) is 6.21 Å². The lowest BCUT2D eigenvalue weighted by Crippen LogP contribution is -2.45. The van der Waals surface area contributed by atoms with Gasteiger partial charge in [-0.3, -0.25) is 14.4 Å². The number of hydrogen-bond donors (Lipinski definition) is 0. The summed E-state index contributed by atoms with van der Waals surface area (Å²) in [7, 11) is 1.77. The first-order valence-corrected chi connectivity index (χ1v) is 8.08. The number of oxime groups is 1. The van der Waals surface area contributed by atoms with Crippen molar-refractivity contribution in [1.82, 2.24) is 9.78 Å². The zero-order valence-corrected chi connectivity index (χ0v) is 14.1. The Hall–Kier alpha value is -2.97. The van der Waals surface area contributed by atoms with Gasteiger partial charge in [-0.1, -0.05) is 17.3 Å². The smallest absolute Gasteiger partial charge is 0.387 e. The molecular formula is C17H18F2N4O3. The third-order valence-electron chi connectivity index (χ3n) is 3.88. The van der Waals surface area contributed by atoms with Gasteiger partial charge in [-0.2, -0.15) is 13.9 Å². The van der Waals surface area contributed by atoms with Gasteiger partial charge < -0.3 is 9.57 Å². The van der Waals surface area contributed by atoms with E-state index in [2.05, 4.69) is 15.0 Å². The van der Waals surface area contributed by atoms with Crippen LogP contribution in [0.3, 0.4) is 0 Å². The van der Waals surface area contributed by atoms with E-state index >= 15 is 0 Å². The third-order valence-corrected chi connectivity index (χ3v) is 3.88. The maximum atomic E-state index is 12.5. The van der Waals surface area contributed by atoms with Crippen molar-refractivity contribution in [3.05, 3.63) is 42.1 Å². The Kier molecular flexibility index (Phi) is 5.45. The Morgan fingerprint density at radius 3 is 2.88 bits per heavy atom. The van der Waals surface area contributed by atoms with Crippen LogP contribution in [0.15, 0.2) is 41.7 Å². The minimum Gasteiger partial charge on any atom is -0.434 e.